The van der Waals surface area contributed by atoms with E-state index < -0.39 is 11.4 Å². The molecule has 1 unspecified atom stereocenters. The molecule has 2 heteroatoms. The molecule has 0 saturated heterocycles. The van der Waals surface area contributed by atoms with E-state index in [1.54, 1.807) is 0 Å². The van der Waals surface area contributed by atoms with E-state index in [-0.39, 0.29) is 0 Å². The van der Waals surface area contributed by atoms with Crippen LogP contribution in [0.5, 0.6) is 0 Å². The normalized spacial score (nSPS) is 14.7. The Labute approximate surface area is 119 Å². The van der Waals surface area contributed by atoms with E-state index in [1.807, 2.05) is 26.0 Å². The first-order chi connectivity index (χ1) is 9.13. The zero-order chi connectivity index (χ0) is 14.6. The maximum Gasteiger partial charge on any atom is 0.313 e. The van der Waals surface area contributed by atoms with Crippen molar-refractivity contribution in [3.8, 4) is 0 Å². The second kappa shape index (κ2) is 11.1. The van der Waals surface area contributed by atoms with Gasteiger partial charge in [0.25, 0.3) is 0 Å². The highest BCUT2D eigenvalue weighted by molar-refractivity contribution is 5.76. The molecular formula is C17H32O2. The maximum absolute atomic E-state index is 11.4. The fourth-order valence-electron chi connectivity index (χ4n) is 2.60. The summed E-state index contributed by atoms with van der Waals surface area (Å²) in [6.07, 6.45) is 15.3. The minimum Gasteiger partial charge on any atom is -0.481 e. The zero-order valence-corrected chi connectivity index (χ0v) is 13.1. The van der Waals surface area contributed by atoms with Crippen molar-refractivity contribution in [1.82, 2.24) is 0 Å². The molecule has 0 rings (SSSR count). The van der Waals surface area contributed by atoms with Crippen LogP contribution in [0, 0.1) is 5.41 Å². The Morgan fingerprint density at radius 2 is 1.53 bits per heavy atom. The van der Waals surface area contributed by atoms with Crippen LogP contribution in [-0.2, 0) is 4.79 Å². The first-order valence-corrected chi connectivity index (χ1v) is 8.00. The van der Waals surface area contributed by atoms with E-state index in [1.165, 1.54) is 44.9 Å². The Morgan fingerprint density at radius 3 is 1.95 bits per heavy atom. The second-order valence-corrected chi connectivity index (χ2v) is 5.54. The summed E-state index contributed by atoms with van der Waals surface area (Å²) in [5, 5.41) is 9.40. The minimum absolute atomic E-state index is 0.628. The largest absolute Gasteiger partial charge is 0.481 e. The van der Waals surface area contributed by atoms with Gasteiger partial charge in [-0.15, -0.1) is 0 Å². The molecule has 0 heterocycles. The average molecular weight is 268 g/mol. The third-order valence-corrected chi connectivity index (χ3v) is 4.02. The van der Waals surface area contributed by atoms with Gasteiger partial charge < -0.3 is 5.11 Å². The summed E-state index contributed by atoms with van der Waals surface area (Å²) in [4.78, 5) is 11.4. The van der Waals surface area contributed by atoms with E-state index >= 15 is 0 Å². The highest BCUT2D eigenvalue weighted by Crippen LogP contribution is 2.31. The van der Waals surface area contributed by atoms with Crippen molar-refractivity contribution in [3.63, 3.8) is 0 Å². The number of carboxylic acid groups (broad SMARTS) is 1. The van der Waals surface area contributed by atoms with Crippen molar-refractivity contribution in [2.45, 2.75) is 85.0 Å². The van der Waals surface area contributed by atoms with Crippen molar-refractivity contribution in [2.24, 2.45) is 5.41 Å². The molecule has 19 heavy (non-hydrogen) atoms. The predicted molar refractivity (Wildman–Crippen MR) is 82.4 cm³/mol. The third kappa shape index (κ3) is 7.39. The fourth-order valence-corrected chi connectivity index (χ4v) is 2.60. The van der Waals surface area contributed by atoms with Gasteiger partial charge in [-0.25, -0.2) is 0 Å². The molecule has 112 valence electrons. The van der Waals surface area contributed by atoms with Gasteiger partial charge in [-0.1, -0.05) is 77.4 Å². The lowest BCUT2D eigenvalue weighted by Crippen LogP contribution is -2.28. The first-order valence-electron chi connectivity index (χ1n) is 8.00. The molecule has 0 aliphatic heterocycles. The molecule has 0 bridgehead atoms. The van der Waals surface area contributed by atoms with Gasteiger partial charge in [-0.2, -0.15) is 0 Å². The average Bonchev–Trinajstić information content (AvgIpc) is 2.40. The summed E-state index contributed by atoms with van der Waals surface area (Å²) < 4.78 is 0. The summed E-state index contributed by atoms with van der Waals surface area (Å²) in [7, 11) is 0. The Kier molecular flexibility index (Phi) is 10.6. The van der Waals surface area contributed by atoms with Crippen LogP contribution < -0.4 is 0 Å². The predicted octanol–water partition coefficient (Wildman–Crippen LogP) is 5.57. The number of hydrogen-bond donors (Lipinski definition) is 1. The molecule has 0 aromatic rings. The Bertz CT molecular complexity index is 258. The van der Waals surface area contributed by atoms with Crippen LogP contribution in [0.2, 0.25) is 0 Å². The molecule has 0 radical (unpaired) electrons. The van der Waals surface area contributed by atoms with Gasteiger partial charge in [0.05, 0.1) is 5.41 Å². The van der Waals surface area contributed by atoms with Gasteiger partial charge in [0.1, 0.15) is 0 Å². The standard InChI is InChI=1S/C17H32O2/c1-4-7-8-9-10-11-12-13-15-17(6-3,14-5-2)16(18)19/h5,14H,4,6-13,15H2,1-3H3,(H,18,19). The number of allylic oxidation sites excluding steroid dienone is 1. The topological polar surface area (TPSA) is 37.3 Å². The fraction of sp³-hybridized carbons (Fsp3) is 0.824. The summed E-state index contributed by atoms with van der Waals surface area (Å²) in [5.74, 6) is -0.670. The van der Waals surface area contributed by atoms with Gasteiger partial charge in [0.2, 0.25) is 0 Å². The van der Waals surface area contributed by atoms with Crippen LogP contribution in [-0.4, -0.2) is 11.1 Å². The monoisotopic (exact) mass is 268 g/mol. The number of unbranched alkanes of at least 4 members (excludes halogenated alkanes) is 7. The summed E-state index contributed by atoms with van der Waals surface area (Å²) >= 11 is 0. The van der Waals surface area contributed by atoms with Crippen LogP contribution in [0.1, 0.15) is 85.0 Å². The molecule has 0 saturated carbocycles. The van der Waals surface area contributed by atoms with Gasteiger partial charge in [-0.3, -0.25) is 4.79 Å². The summed E-state index contributed by atoms with van der Waals surface area (Å²) in [5.41, 5.74) is -0.628. The van der Waals surface area contributed by atoms with Crippen molar-refractivity contribution in [3.05, 3.63) is 12.2 Å². The Morgan fingerprint density at radius 1 is 1.00 bits per heavy atom. The van der Waals surface area contributed by atoms with Crippen molar-refractivity contribution in [2.75, 3.05) is 0 Å². The molecule has 1 atom stereocenters. The second-order valence-electron chi connectivity index (χ2n) is 5.54. The van der Waals surface area contributed by atoms with E-state index in [4.69, 9.17) is 0 Å². The number of aliphatic carboxylic acids is 1. The van der Waals surface area contributed by atoms with E-state index in [0.717, 1.165) is 12.8 Å². The summed E-state index contributed by atoms with van der Waals surface area (Å²) in [6, 6.07) is 0. The lowest BCUT2D eigenvalue weighted by molar-refractivity contribution is -0.146. The lowest BCUT2D eigenvalue weighted by atomic mass is 9.79. The molecule has 0 aromatic heterocycles. The molecule has 2 nitrogen and oxygen atoms in total. The number of carboxylic acids is 1. The minimum atomic E-state index is -0.670. The molecule has 0 aromatic carbocycles. The molecule has 0 aliphatic carbocycles. The zero-order valence-electron chi connectivity index (χ0n) is 13.1. The number of hydrogen-bond acceptors (Lipinski definition) is 1. The van der Waals surface area contributed by atoms with Crippen LogP contribution in [0.3, 0.4) is 0 Å². The maximum atomic E-state index is 11.4. The van der Waals surface area contributed by atoms with Crippen molar-refractivity contribution in [1.29, 1.82) is 0 Å². The van der Waals surface area contributed by atoms with Gasteiger partial charge in [0.15, 0.2) is 0 Å². The van der Waals surface area contributed by atoms with Crippen molar-refractivity contribution >= 4 is 5.97 Å². The Balaban J connectivity index is 3.85. The van der Waals surface area contributed by atoms with Crippen LogP contribution in [0.4, 0.5) is 0 Å². The van der Waals surface area contributed by atoms with E-state index in [9.17, 15) is 9.90 Å². The quantitative estimate of drug-likeness (QED) is 0.371. The van der Waals surface area contributed by atoms with Crippen LogP contribution >= 0.6 is 0 Å². The lowest BCUT2D eigenvalue weighted by Gasteiger charge is -2.24. The molecule has 0 amide bonds. The molecular weight excluding hydrogens is 236 g/mol. The molecule has 1 N–H and O–H groups in total. The van der Waals surface area contributed by atoms with E-state index in [2.05, 4.69) is 6.92 Å². The number of carbonyl (C=O) groups is 1. The smallest absolute Gasteiger partial charge is 0.313 e. The number of rotatable bonds is 12. The van der Waals surface area contributed by atoms with Crippen molar-refractivity contribution < 1.29 is 9.90 Å². The third-order valence-electron chi connectivity index (χ3n) is 4.02. The molecule has 0 spiro atoms. The first kappa shape index (κ1) is 18.2. The molecule has 0 aliphatic rings. The SMILES string of the molecule is CC=CC(CC)(CCCCCCCCCC)C(=O)O. The van der Waals surface area contributed by atoms with Gasteiger partial charge in [-0.05, 0) is 19.8 Å². The van der Waals surface area contributed by atoms with Gasteiger partial charge >= 0.3 is 5.97 Å². The highest BCUT2D eigenvalue weighted by Gasteiger charge is 2.32. The van der Waals surface area contributed by atoms with E-state index in [0.29, 0.717) is 6.42 Å². The Hall–Kier alpha value is -0.790. The molecule has 0 fully saturated rings. The summed E-state index contributed by atoms with van der Waals surface area (Å²) in [6.45, 7) is 6.11. The van der Waals surface area contributed by atoms with Crippen LogP contribution in [0.25, 0.3) is 0 Å². The highest BCUT2D eigenvalue weighted by atomic mass is 16.4. The van der Waals surface area contributed by atoms with Crippen LogP contribution in [0.15, 0.2) is 12.2 Å². The van der Waals surface area contributed by atoms with Gasteiger partial charge in [0, 0.05) is 0 Å².